The molecule has 92 valence electrons. The van der Waals surface area contributed by atoms with Crippen molar-refractivity contribution in [2.45, 2.75) is 32.7 Å². The van der Waals surface area contributed by atoms with Crippen molar-refractivity contribution in [3.05, 3.63) is 28.2 Å². The number of piperidine rings is 1. The number of hydrogen-bond acceptors (Lipinski definition) is 2. The monoisotopic (exact) mass is 295 g/mol. The molecule has 0 N–H and O–H groups in total. The first-order chi connectivity index (χ1) is 8.11. The van der Waals surface area contributed by atoms with Crippen molar-refractivity contribution in [3.8, 4) is 0 Å². The third-order valence-electron chi connectivity index (χ3n) is 3.54. The summed E-state index contributed by atoms with van der Waals surface area (Å²) in [4.78, 5) is 13.5. The van der Waals surface area contributed by atoms with Crippen molar-refractivity contribution in [1.82, 2.24) is 0 Å². The minimum absolute atomic E-state index is 0.520. The van der Waals surface area contributed by atoms with E-state index in [2.05, 4.69) is 34.7 Å². The number of nitrogens with zero attached hydrogens (tertiary/aromatic N) is 1. The van der Waals surface area contributed by atoms with Crippen molar-refractivity contribution in [1.29, 1.82) is 0 Å². The maximum Gasteiger partial charge on any atom is 0.152 e. The average molecular weight is 296 g/mol. The molecule has 0 aliphatic carbocycles. The van der Waals surface area contributed by atoms with E-state index in [1.165, 1.54) is 12.8 Å². The number of benzene rings is 1. The second kappa shape index (κ2) is 5.21. The standard InChI is InChI=1S/C14H18BrNO/c1-10-3-4-11(2)16(8-10)14-6-5-13(15)7-12(14)9-17/h5-7,9-11H,3-4,8H2,1-2H3. The molecule has 2 nitrogen and oxygen atoms in total. The zero-order chi connectivity index (χ0) is 12.4. The summed E-state index contributed by atoms with van der Waals surface area (Å²) in [6.07, 6.45) is 3.44. The molecule has 1 aliphatic heterocycles. The van der Waals surface area contributed by atoms with Crippen molar-refractivity contribution in [3.63, 3.8) is 0 Å². The van der Waals surface area contributed by atoms with Gasteiger partial charge in [-0.25, -0.2) is 0 Å². The number of aldehydes is 1. The van der Waals surface area contributed by atoms with Crippen molar-refractivity contribution in [2.24, 2.45) is 5.92 Å². The molecule has 1 heterocycles. The van der Waals surface area contributed by atoms with Crippen LogP contribution in [0.25, 0.3) is 0 Å². The SMILES string of the molecule is CC1CCC(C)N(c2ccc(Br)cc2C=O)C1. The second-order valence-electron chi connectivity index (χ2n) is 5.00. The predicted octanol–water partition coefficient (Wildman–Crippen LogP) is 3.89. The first-order valence-corrected chi connectivity index (χ1v) is 6.92. The Morgan fingerprint density at radius 3 is 2.82 bits per heavy atom. The van der Waals surface area contributed by atoms with Gasteiger partial charge in [0.1, 0.15) is 0 Å². The van der Waals surface area contributed by atoms with Crippen LogP contribution in [0.2, 0.25) is 0 Å². The fourth-order valence-corrected chi connectivity index (χ4v) is 2.88. The van der Waals surface area contributed by atoms with Gasteiger partial charge in [-0.05, 0) is 43.9 Å². The zero-order valence-corrected chi connectivity index (χ0v) is 11.9. The minimum Gasteiger partial charge on any atom is -0.368 e. The van der Waals surface area contributed by atoms with Gasteiger partial charge in [0.05, 0.1) is 0 Å². The Hall–Kier alpha value is -0.830. The Labute approximate surface area is 111 Å². The molecule has 0 bridgehead atoms. The third kappa shape index (κ3) is 2.71. The predicted molar refractivity (Wildman–Crippen MR) is 74.7 cm³/mol. The van der Waals surface area contributed by atoms with Crippen LogP contribution in [-0.2, 0) is 0 Å². The molecule has 0 saturated carbocycles. The Kier molecular flexibility index (Phi) is 3.87. The third-order valence-corrected chi connectivity index (χ3v) is 4.04. The van der Waals surface area contributed by atoms with Crippen molar-refractivity contribution in [2.75, 3.05) is 11.4 Å². The van der Waals surface area contributed by atoms with Crippen molar-refractivity contribution < 1.29 is 4.79 Å². The van der Waals surface area contributed by atoms with E-state index < -0.39 is 0 Å². The number of carbonyl (C=O) groups is 1. The molecule has 0 spiro atoms. The Morgan fingerprint density at radius 2 is 2.12 bits per heavy atom. The summed E-state index contributed by atoms with van der Waals surface area (Å²) in [5, 5.41) is 0. The maximum absolute atomic E-state index is 11.2. The van der Waals surface area contributed by atoms with Gasteiger partial charge >= 0.3 is 0 Å². The lowest BCUT2D eigenvalue weighted by Gasteiger charge is -2.39. The molecule has 3 heteroatoms. The van der Waals surface area contributed by atoms with E-state index in [0.29, 0.717) is 12.0 Å². The summed E-state index contributed by atoms with van der Waals surface area (Å²) in [6, 6.07) is 6.47. The van der Waals surface area contributed by atoms with Crippen LogP contribution >= 0.6 is 15.9 Å². The Bertz CT molecular complexity index is 419. The molecule has 1 aromatic carbocycles. The van der Waals surface area contributed by atoms with Gasteiger partial charge in [0.2, 0.25) is 0 Å². The van der Waals surface area contributed by atoms with E-state index in [9.17, 15) is 4.79 Å². The summed E-state index contributed by atoms with van der Waals surface area (Å²) in [7, 11) is 0. The van der Waals surface area contributed by atoms with Gasteiger partial charge in [-0.15, -0.1) is 0 Å². The first kappa shape index (κ1) is 12.6. The molecule has 2 rings (SSSR count). The van der Waals surface area contributed by atoms with Gasteiger partial charge < -0.3 is 4.90 Å². The molecule has 2 atom stereocenters. The zero-order valence-electron chi connectivity index (χ0n) is 10.3. The second-order valence-corrected chi connectivity index (χ2v) is 5.92. The van der Waals surface area contributed by atoms with Gasteiger partial charge in [0, 0.05) is 28.3 Å². The van der Waals surface area contributed by atoms with Gasteiger partial charge in [-0.3, -0.25) is 4.79 Å². The lowest BCUT2D eigenvalue weighted by atomic mass is 9.94. The quantitative estimate of drug-likeness (QED) is 0.772. The molecule has 1 saturated heterocycles. The molecule has 17 heavy (non-hydrogen) atoms. The summed E-state index contributed by atoms with van der Waals surface area (Å²) >= 11 is 3.41. The highest BCUT2D eigenvalue weighted by atomic mass is 79.9. The summed E-state index contributed by atoms with van der Waals surface area (Å²) in [5.74, 6) is 0.703. The number of hydrogen-bond donors (Lipinski definition) is 0. The molecule has 0 radical (unpaired) electrons. The van der Waals surface area contributed by atoms with E-state index in [0.717, 1.165) is 28.6 Å². The number of rotatable bonds is 2. The van der Waals surface area contributed by atoms with E-state index >= 15 is 0 Å². The van der Waals surface area contributed by atoms with Crippen LogP contribution in [0.3, 0.4) is 0 Å². The minimum atomic E-state index is 0.520. The van der Waals surface area contributed by atoms with E-state index in [1.807, 2.05) is 18.2 Å². The van der Waals surface area contributed by atoms with Crippen LogP contribution in [0.4, 0.5) is 5.69 Å². The van der Waals surface area contributed by atoms with Gasteiger partial charge in [0.15, 0.2) is 6.29 Å². The largest absolute Gasteiger partial charge is 0.368 e. The van der Waals surface area contributed by atoms with Gasteiger partial charge in [-0.1, -0.05) is 22.9 Å². The fraction of sp³-hybridized carbons (Fsp3) is 0.500. The molecule has 2 unspecified atom stereocenters. The molecule has 0 amide bonds. The van der Waals surface area contributed by atoms with E-state index in [1.54, 1.807) is 0 Å². The van der Waals surface area contributed by atoms with Crippen LogP contribution in [0.1, 0.15) is 37.0 Å². The topological polar surface area (TPSA) is 20.3 Å². The highest BCUT2D eigenvalue weighted by Crippen LogP contribution is 2.30. The van der Waals surface area contributed by atoms with Gasteiger partial charge in [0.25, 0.3) is 0 Å². The lowest BCUT2D eigenvalue weighted by molar-refractivity contribution is 0.112. The van der Waals surface area contributed by atoms with Crippen LogP contribution in [-0.4, -0.2) is 18.9 Å². The van der Waals surface area contributed by atoms with Crippen LogP contribution in [0, 0.1) is 5.92 Å². The van der Waals surface area contributed by atoms with Crippen LogP contribution in [0.5, 0.6) is 0 Å². The Balaban J connectivity index is 2.34. The molecular formula is C14H18BrNO. The number of carbonyl (C=O) groups excluding carboxylic acids is 1. The normalized spacial score (nSPS) is 24.8. The van der Waals surface area contributed by atoms with Crippen LogP contribution in [0.15, 0.2) is 22.7 Å². The average Bonchev–Trinajstić information content (AvgIpc) is 2.32. The number of anilines is 1. The summed E-state index contributed by atoms with van der Waals surface area (Å²) < 4.78 is 0.959. The Morgan fingerprint density at radius 1 is 1.35 bits per heavy atom. The summed E-state index contributed by atoms with van der Waals surface area (Å²) in [6.45, 7) is 5.56. The summed E-state index contributed by atoms with van der Waals surface area (Å²) in [5.41, 5.74) is 1.85. The smallest absolute Gasteiger partial charge is 0.152 e. The highest BCUT2D eigenvalue weighted by molar-refractivity contribution is 9.10. The van der Waals surface area contributed by atoms with Crippen molar-refractivity contribution >= 4 is 27.9 Å². The van der Waals surface area contributed by atoms with Crippen LogP contribution < -0.4 is 4.90 Å². The number of halogens is 1. The first-order valence-electron chi connectivity index (χ1n) is 6.13. The molecule has 1 aromatic rings. The molecular weight excluding hydrogens is 278 g/mol. The van der Waals surface area contributed by atoms with E-state index in [-0.39, 0.29) is 0 Å². The maximum atomic E-state index is 11.2. The van der Waals surface area contributed by atoms with Gasteiger partial charge in [-0.2, -0.15) is 0 Å². The lowest BCUT2D eigenvalue weighted by Crippen LogP contribution is -2.41. The molecule has 0 aromatic heterocycles. The fourth-order valence-electron chi connectivity index (χ4n) is 2.51. The van der Waals surface area contributed by atoms with E-state index in [4.69, 9.17) is 0 Å². The molecule has 1 aliphatic rings. The highest BCUT2D eigenvalue weighted by Gasteiger charge is 2.24. The molecule has 1 fully saturated rings.